The number of hydrogen-bond donors (Lipinski definition) is 2. The molecule has 0 atom stereocenters. The summed E-state index contributed by atoms with van der Waals surface area (Å²) in [4.78, 5) is 12.0. The molecule has 2 N–H and O–H groups in total. The maximum Gasteiger partial charge on any atom is 0.271 e. The van der Waals surface area contributed by atoms with Crippen molar-refractivity contribution in [2.45, 2.75) is 13.8 Å². The van der Waals surface area contributed by atoms with Crippen LogP contribution in [-0.2, 0) is 0 Å². The lowest BCUT2D eigenvalue weighted by Gasteiger charge is -2.14. The number of methoxy groups -OCH3 is 3. The van der Waals surface area contributed by atoms with Gasteiger partial charge in [-0.05, 0) is 18.1 Å². The molecule has 2 aromatic rings. The maximum absolute atomic E-state index is 12.0. The second kappa shape index (κ2) is 8.89. The standard InChI is InChI=1S/C18H24N4O4/c1-11(2)10-19-18(23)13-6-7-16(22-21-13)20-12-8-14(24-3)17(26-5)15(9-12)25-4/h6-9,11H,10H2,1-5H3,(H,19,23)(H,20,22). The van der Waals surface area contributed by atoms with Crippen LogP contribution in [0.25, 0.3) is 0 Å². The van der Waals surface area contributed by atoms with Crippen LogP contribution in [0.2, 0.25) is 0 Å². The number of benzene rings is 1. The third-order valence-electron chi connectivity index (χ3n) is 3.51. The molecule has 2 rings (SSSR count). The summed E-state index contributed by atoms with van der Waals surface area (Å²) >= 11 is 0. The van der Waals surface area contributed by atoms with E-state index in [-0.39, 0.29) is 11.6 Å². The van der Waals surface area contributed by atoms with Gasteiger partial charge in [-0.3, -0.25) is 4.79 Å². The number of rotatable bonds is 8. The summed E-state index contributed by atoms with van der Waals surface area (Å²) in [5.41, 5.74) is 0.951. The molecule has 140 valence electrons. The first kappa shape index (κ1) is 19.3. The van der Waals surface area contributed by atoms with Crippen LogP contribution < -0.4 is 24.8 Å². The van der Waals surface area contributed by atoms with E-state index in [9.17, 15) is 4.79 Å². The number of hydrogen-bond acceptors (Lipinski definition) is 7. The summed E-state index contributed by atoms with van der Waals surface area (Å²) in [7, 11) is 4.64. The Kier molecular flexibility index (Phi) is 6.60. The quantitative estimate of drug-likeness (QED) is 0.747. The molecular formula is C18H24N4O4. The molecule has 0 bridgehead atoms. The van der Waals surface area contributed by atoms with Gasteiger partial charge in [0.1, 0.15) is 0 Å². The van der Waals surface area contributed by atoms with Gasteiger partial charge in [-0.2, -0.15) is 0 Å². The minimum atomic E-state index is -0.245. The number of carbonyl (C=O) groups excluding carboxylic acids is 1. The fourth-order valence-electron chi connectivity index (χ4n) is 2.21. The van der Waals surface area contributed by atoms with Crippen molar-refractivity contribution < 1.29 is 19.0 Å². The van der Waals surface area contributed by atoms with E-state index in [1.165, 1.54) is 0 Å². The Labute approximate surface area is 152 Å². The summed E-state index contributed by atoms with van der Waals surface area (Å²) < 4.78 is 15.9. The van der Waals surface area contributed by atoms with Gasteiger partial charge >= 0.3 is 0 Å². The van der Waals surface area contributed by atoms with E-state index >= 15 is 0 Å². The van der Waals surface area contributed by atoms with Gasteiger partial charge in [0, 0.05) is 24.4 Å². The van der Waals surface area contributed by atoms with E-state index in [0.29, 0.717) is 41.2 Å². The van der Waals surface area contributed by atoms with Crippen LogP contribution >= 0.6 is 0 Å². The molecule has 0 aliphatic carbocycles. The molecule has 8 heteroatoms. The van der Waals surface area contributed by atoms with Crippen LogP contribution in [0.3, 0.4) is 0 Å². The van der Waals surface area contributed by atoms with Crippen LogP contribution in [0.5, 0.6) is 17.2 Å². The highest BCUT2D eigenvalue weighted by Crippen LogP contribution is 2.40. The molecule has 26 heavy (non-hydrogen) atoms. The van der Waals surface area contributed by atoms with Crippen molar-refractivity contribution in [1.82, 2.24) is 15.5 Å². The number of nitrogens with zero attached hydrogens (tertiary/aromatic N) is 2. The van der Waals surface area contributed by atoms with E-state index in [1.54, 1.807) is 45.6 Å². The Bertz CT molecular complexity index is 722. The maximum atomic E-state index is 12.0. The smallest absolute Gasteiger partial charge is 0.271 e. The Morgan fingerprint density at radius 3 is 2.15 bits per heavy atom. The number of aromatic nitrogens is 2. The fourth-order valence-corrected chi connectivity index (χ4v) is 2.21. The summed E-state index contributed by atoms with van der Waals surface area (Å²) in [6, 6.07) is 6.81. The van der Waals surface area contributed by atoms with Crippen LogP contribution in [0.1, 0.15) is 24.3 Å². The van der Waals surface area contributed by atoms with Gasteiger partial charge in [0.2, 0.25) is 5.75 Å². The molecule has 0 aliphatic rings. The number of nitrogens with one attached hydrogen (secondary N) is 2. The lowest BCUT2D eigenvalue weighted by molar-refractivity contribution is 0.0943. The normalized spacial score (nSPS) is 10.4. The molecular weight excluding hydrogens is 336 g/mol. The first-order valence-corrected chi connectivity index (χ1v) is 8.17. The minimum absolute atomic E-state index is 0.245. The molecule has 0 aliphatic heterocycles. The second-order valence-corrected chi connectivity index (χ2v) is 5.95. The summed E-state index contributed by atoms with van der Waals surface area (Å²) in [6.45, 7) is 4.64. The molecule has 8 nitrogen and oxygen atoms in total. The molecule has 0 fully saturated rings. The van der Waals surface area contributed by atoms with E-state index in [0.717, 1.165) is 0 Å². The predicted octanol–water partition coefficient (Wildman–Crippen LogP) is 2.63. The zero-order chi connectivity index (χ0) is 19.1. The average Bonchev–Trinajstić information content (AvgIpc) is 2.65. The highest BCUT2D eigenvalue weighted by Gasteiger charge is 2.14. The highest BCUT2D eigenvalue weighted by molar-refractivity contribution is 5.92. The van der Waals surface area contributed by atoms with Gasteiger partial charge in [0.15, 0.2) is 23.0 Å². The van der Waals surface area contributed by atoms with Gasteiger partial charge in [0.25, 0.3) is 5.91 Å². The van der Waals surface area contributed by atoms with E-state index in [1.807, 2.05) is 13.8 Å². The predicted molar refractivity (Wildman–Crippen MR) is 98.6 cm³/mol. The van der Waals surface area contributed by atoms with Crippen molar-refractivity contribution in [1.29, 1.82) is 0 Å². The largest absolute Gasteiger partial charge is 0.493 e. The third-order valence-corrected chi connectivity index (χ3v) is 3.51. The fraction of sp³-hybridized carbons (Fsp3) is 0.389. The third kappa shape index (κ3) is 4.75. The van der Waals surface area contributed by atoms with Gasteiger partial charge < -0.3 is 24.8 Å². The Hall–Kier alpha value is -3.03. The van der Waals surface area contributed by atoms with Crippen molar-refractivity contribution in [2.75, 3.05) is 33.2 Å². The molecule has 0 radical (unpaired) electrons. The first-order valence-electron chi connectivity index (χ1n) is 8.17. The van der Waals surface area contributed by atoms with Crippen molar-refractivity contribution in [3.63, 3.8) is 0 Å². The average molecular weight is 360 g/mol. The number of anilines is 2. The Morgan fingerprint density at radius 2 is 1.69 bits per heavy atom. The zero-order valence-corrected chi connectivity index (χ0v) is 15.6. The molecule has 0 unspecified atom stereocenters. The molecule has 1 amide bonds. The summed E-state index contributed by atoms with van der Waals surface area (Å²) in [5, 5.41) is 13.9. The van der Waals surface area contributed by atoms with Crippen LogP contribution in [-0.4, -0.2) is 44.0 Å². The highest BCUT2D eigenvalue weighted by atomic mass is 16.5. The lowest BCUT2D eigenvalue weighted by atomic mass is 10.2. The lowest BCUT2D eigenvalue weighted by Crippen LogP contribution is -2.28. The van der Waals surface area contributed by atoms with E-state index in [2.05, 4.69) is 20.8 Å². The molecule has 0 spiro atoms. The number of amides is 1. The molecule has 0 saturated heterocycles. The van der Waals surface area contributed by atoms with Crippen molar-refractivity contribution >= 4 is 17.4 Å². The minimum Gasteiger partial charge on any atom is -0.493 e. The molecule has 1 aromatic heterocycles. The second-order valence-electron chi connectivity index (χ2n) is 5.95. The van der Waals surface area contributed by atoms with Gasteiger partial charge in [-0.25, -0.2) is 0 Å². The van der Waals surface area contributed by atoms with Gasteiger partial charge in [-0.1, -0.05) is 13.8 Å². The van der Waals surface area contributed by atoms with E-state index < -0.39 is 0 Å². The van der Waals surface area contributed by atoms with Crippen LogP contribution in [0.4, 0.5) is 11.5 Å². The van der Waals surface area contributed by atoms with E-state index in [4.69, 9.17) is 14.2 Å². The monoisotopic (exact) mass is 360 g/mol. The van der Waals surface area contributed by atoms with Crippen molar-refractivity contribution in [2.24, 2.45) is 5.92 Å². The topological polar surface area (TPSA) is 94.6 Å². The Balaban J connectivity index is 2.15. The number of ether oxygens (including phenoxy) is 3. The van der Waals surface area contributed by atoms with Crippen LogP contribution in [0, 0.1) is 5.92 Å². The zero-order valence-electron chi connectivity index (χ0n) is 15.6. The number of carbonyl (C=O) groups is 1. The summed E-state index contributed by atoms with van der Waals surface area (Å²) in [5.74, 6) is 2.15. The van der Waals surface area contributed by atoms with Crippen LogP contribution in [0.15, 0.2) is 24.3 Å². The molecule has 1 aromatic carbocycles. The molecule has 1 heterocycles. The van der Waals surface area contributed by atoms with Crippen molar-refractivity contribution in [3.05, 3.63) is 30.0 Å². The molecule has 0 saturated carbocycles. The van der Waals surface area contributed by atoms with Gasteiger partial charge in [0.05, 0.1) is 21.3 Å². The Morgan fingerprint density at radius 1 is 1.04 bits per heavy atom. The van der Waals surface area contributed by atoms with Gasteiger partial charge in [-0.15, -0.1) is 10.2 Å². The SMILES string of the molecule is COc1cc(Nc2ccc(C(=O)NCC(C)C)nn2)cc(OC)c1OC. The summed E-state index contributed by atoms with van der Waals surface area (Å²) in [6.07, 6.45) is 0. The first-order chi connectivity index (χ1) is 12.5. The van der Waals surface area contributed by atoms with Crippen molar-refractivity contribution in [3.8, 4) is 17.2 Å².